The Morgan fingerprint density at radius 2 is 2.07 bits per heavy atom. The Morgan fingerprint density at radius 1 is 1.29 bits per heavy atom. The van der Waals surface area contributed by atoms with Gasteiger partial charge in [-0.25, -0.2) is 9.78 Å². The molecule has 4 rings (SSSR count). The molecule has 8 heteroatoms. The van der Waals surface area contributed by atoms with Crippen LogP contribution in [0.2, 0.25) is 0 Å². The minimum absolute atomic E-state index is 0.00971. The fourth-order valence-electron chi connectivity index (χ4n) is 3.81. The monoisotopic (exact) mass is 383 g/mol. The van der Waals surface area contributed by atoms with Crippen LogP contribution in [0.5, 0.6) is 0 Å². The molecule has 8 nitrogen and oxygen atoms in total. The van der Waals surface area contributed by atoms with Crippen LogP contribution >= 0.6 is 0 Å². The summed E-state index contributed by atoms with van der Waals surface area (Å²) in [5, 5.41) is 3.73. The lowest BCUT2D eigenvalue weighted by Crippen LogP contribution is -2.28. The standard InChI is InChI=1S/C20H25N5O3/c1-20(2,3)12-25-16-6-5-14(21-17(16)23(4)19(25)27)13-7-9-24(11-13)18(26)15-8-10-28-22-15/h5-6,8,10,13H,7,9,11-12H2,1-4H3. The molecule has 1 fully saturated rings. The number of aryl methyl sites for hydroxylation is 1. The molecule has 3 aromatic rings. The topological polar surface area (TPSA) is 86.2 Å². The van der Waals surface area contributed by atoms with E-state index >= 15 is 0 Å². The first kappa shape index (κ1) is 18.5. The summed E-state index contributed by atoms with van der Waals surface area (Å²) in [5.74, 6) is 0.0161. The first-order chi connectivity index (χ1) is 13.2. The van der Waals surface area contributed by atoms with Crippen LogP contribution in [0.4, 0.5) is 0 Å². The molecule has 1 amide bonds. The number of hydrogen-bond donors (Lipinski definition) is 0. The highest BCUT2D eigenvalue weighted by Gasteiger charge is 2.30. The Balaban J connectivity index is 1.61. The number of carbonyl (C=O) groups excluding carboxylic acids is 1. The molecule has 148 valence electrons. The molecule has 0 bridgehead atoms. The summed E-state index contributed by atoms with van der Waals surface area (Å²) in [6.07, 6.45) is 2.23. The number of nitrogens with zero attached hydrogens (tertiary/aromatic N) is 5. The van der Waals surface area contributed by atoms with Gasteiger partial charge in [0.1, 0.15) is 6.26 Å². The molecule has 1 aliphatic heterocycles. The number of pyridine rings is 1. The van der Waals surface area contributed by atoms with E-state index in [-0.39, 0.29) is 22.9 Å². The SMILES string of the molecule is Cn1c(=O)n(CC(C)(C)C)c2ccc(C3CCN(C(=O)c4ccon4)C3)nc21. The van der Waals surface area contributed by atoms with Crippen LogP contribution < -0.4 is 5.69 Å². The van der Waals surface area contributed by atoms with Gasteiger partial charge < -0.3 is 9.42 Å². The van der Waals surface area contributed by atoms with Gasteiger partial charge in [0.15, 0.2) is 11.3 Å². The average molecular weight is 383 g/mol. The molecule has 1 atom stereocenters. The van der Waals surface area contributed by atoms with E-state index in [2.05, 4.69) is 25.9 Å². The summed E-state index contributed by atoms with van der Waals surface area (Å²) in [6.45, 7) is 8.20. The van der Waals surface area contributed by atoms with E-state index in [1.54, 1.807) is 27.1 Å². The van der Waals surface area contributed by atoms with Crippen molar-refractivity contribution >= 4 is 17.1 Å². The zero-order valence-corrected chi connectivity index (χ0v) is 16.7. The van der Waals surface area contributed by atoms with Crippen molar-refractivity contribution in [3.63, 3.8) is 0 Å². The zero-order chi connectivity index (χ0) is 20.1. The average Bonchev–Trinajstić information content (AvgIpc) is 3.38. The second-order valence-electron chi connectivity index (χ2n) is 8.69. The second kappa shape index (κ2) is 6.61. The van der Waals surface area contributed by atoms with Crippen molar-refractivity contribution < 1.29 is 9.32 Å². The molecule has 1 aliphatic rings. The maximum absolute atomic E-state index is 12.7. The van der Waals surface area contributed by atoms with E-state index in [1.165, 1.54) is 6.26 Å². The van der Waals surface area contributed by atoms with Crippen LogP contribution in [0.1, 0.15) is 49.3 Å². The van der Waals surface area contributed by atoms with Gasteiger partial charge >= 0.3 is 5.69 Å². The highest BCUT2D eigenvalue weighted by atomic mass is 16.5. The van der Waals surface area contributed by atoms with E-state index in [0.717, 1.165) is 17.6 Å². The number of amides is 1. The van der Waals surface area contributed by atoms with E-state index in [0.29, 0.717) is 31.0 Å². The lowest BCUT2D eigenvalue weighted by molar-refractivity contribution is 0.0780. The molecule has 4 heterocycles. The summed E-state index contributed by atoms with van der Waals surface area (Å²) in [7, 11) is 1.76. The molecule has 0 radical (unpaired) electrons. The predicted octanol–water partition coefficient (Wildman–Crippen LogP) is 2.40. The third-order valence-corrected chi connectivity index (χ3v) is 5.19. The molecule has 0 saturated carbocycles. The van der Waals surface area contributed by atoms with Gasteiger partial charge in [0.05, 0.1) is 5.52 Å². The van der Waals surface area contributed by atoms with Gasteiger partial charge in [-0.1, -0.05) is 25.9 Å². The van der Waals surface area contributed by atoms with Crippen molar-refractivity contribution in [2.24, 2.45) is 12.5 Å². The van der Waals surface area contributed by atoms with Gasteiger partial charge in [-0.15, -0.1) is 0 Å². The van der Waals surface area contributed by atoms with Crippen molar-refractivity contribution in [1.29, 1.82) is 0 Å². The van der Waals surface area contributed by atoms with Crippen LogP contribution in [-0.2, 0) is 13.6 Å². The Hall–Kier alpha value is -2.90. The van der Waals surface area contributed by atoms with Crippen molar-refractivity contribution in [2.45, 2.75) is 39.7 Å². The van der Waals surface area contributed by atoms with E-state index < -0.39 is 0 Å². The number of fused-ring (bicyclic) bond motifs is 1. The van der Waals surface area contributed by atoms with Gasteiger partial charge in [-0.2, -0.15) is 0 Å². The number of rotatable bonds is 3. The van der Waals surface area contributed by atoms with Gasteiger partial charge in [0.25, 0.3) is 5.91 Å². The molecule has 1 unspecified atom stereocenters. The van der Waals surface area contributed by atoms with Crippen molar-refractivity contribution in [2.75, 3.05) is 13.1 Å². The van der Waals surface area contributed by atoms with Crippen LogP contribution in [-0.4, -0.2) is 43.2 Å². The normalized spacial score (nSPS) is 17.6. The van der Waals surface area contributed by atoms with Crippen LogP contribution in [0.3, 0.4) is 0 Å². The molecule has 0 aromatic carbocycles. The van der Waals surface area contributed by atoms with Crippen molar-refractivity contribution in [1.82, 2.24) is 24.2 Å². The third-order valence-electron chi connectivity index (χ3n) is 5.19. The fourth-order valence-corrected chi connectivity index (χ4v) is 3.81. The maximum Gasteiger partial charge on any atom is 0.330 e. The maximum atomic E-state index is 12.7. The van der Waals surface area contributed by atoms with Crippen molar-refractivity contribution in [3.05, 3.63) is 46.3 Å². The molecule has 1 saturated heterocycles. The Bertz CT molecular complexity index is 1070. The van der Waals surface area contributed by atoms with Gasteiger partial charge in [-0.3, -0.25) is 13.9 Å². The molecular weight excluding hydrogens is 358 g/mol. The van der Waals surface area contributed by atoms with E-state index in [1.807, 2.05) is 12.1 Å². The van der Waals surface area contributed by atoms with Crippen LogP contribution in [0.15, 0.2) is 33.8 Å². The van der Waals surface area contributed by atoms with E-state index in [4.69, 9.17) is 9.51 Å². The quantitative estimate of drug-likeness (QED) is 0.693. The zero-order valence-electron chi connectivity index (χ0n) is 16.7. The lowest BCUT2D eigenvalue weighted by atomic mass is 9.97. The predicted molar refractivity (Wildman–Crippen MR) is 104 cm³/mol. The van der Waals surface area contributed by atoms with Crippen molar-refractivity contribution in [3.8, 4) is 0 Å². The largest absolute Gasteiger partial charge is 0.364 e. The molecule has 0 aliphatic carbocycles. The number of aromatic nitrogens is 4. The Kier molecular flexibility index (Phi) is 4.36. The third kappa shape index (κ3) is 3.23. The fraction of sp³-hybridized carbons (Fsp3) is 0.500. The van der Waals surface area contributed by atoms with Gasteiger partial charge in [0.2, 0.25) is 0 Å². The molecule has 3 aromatic heterocycles. The minimum Gasteiger partial charge on any atom is -0.364 e. The van der Waals surface area contributed by atoms with Crippen LogP contribution in [0.25, 0.3) is 11.2 Å². The minimum atomic E-state index is -0.124. The highest BCUT2D eigenvalue weighted by molar-refractivity contribution is 5.92. The Labute approximate surface area is 162 Å². The summed E-state index contributed by atoms with van der Waals surface area (Å²) in [6, 6.07) is 5.54. The van der Waals surface area contributed by atoms with E-state index in [9.17, 15) is 9.59 Å². The number of imidazole rings is 1. The molecule has 28 heavy (non-hydrogen) atoms. The Morgan fingerprint density at radius 3 is 2.75 bits per heavy atom. The molecular formula is C20H25N5O3. The lowest BCUT2D eigenvalue weighted by Gasteiger charge is -2.18. The van der Waals surface area contributed by atoms with Crippen LogP contribution in [0, 0.1) is 5.41 Å². The highest BCUT2D eigenvalue weighted by Crippen LogP contribution is 2.28. The summed E-state index contributed by atoms with van der Waals surface area (Å²) >= 11 is 0. The second-order valence-corrected chi connectivity index (χ2v) is 8.69. The smallest absolute Gasteiger partial charge is 0.330 e. The summed E-state index contributed by atoms with van der Waals surface area (Å²) < 4.78 is 8.17. The number of hydrogen-bond acceptors (Lipinski definition) is 5. The number of likely N-dealkylation sites (tertiary alicyclic amines) is 1. The first-order valence-corrected chi connectivity index (χ1v) is 9.50. The number of carbonyl (C=O) groups is 1. The summed E-state index contributed by atoms with van der Waals surface area (Å²) in [5.41, 5.74) is 2.71. The van der Waals surface area contributed by atoms with Gasteiger partial charge in [0, 0.05) is 44.4 Å². The first-order valence-electron chi connectivity index (χ1n) is 9.50. The van der Waals surface area contributed by atoms with Gasteiger partial charge in [-0.05, 0) is 24.0 Å². The molecule has 0 N–H and O–H groups in total. The molecule has 0 spiro atoms. The summed E-state index contributed by atoms with van der Waals surface area (Å²) in [4.78, 5) is 31.7.